The van der Waals surface area contributed by atoms with E-state index in [4.69, 9.17) is 23.2 Å². The second kappa shape index (κ2) is 8.76. The van der Waals surface area contributed by atoms with Crippen LogP contribution in [0, 0.1) is 0 Å². The molecule has 1 aliphatic heterocycles. The minimum absolute atomic E-state index is 0.804. The predicted molar refractivity (Wildman–Crippen MR) is 89.3 cm³/mol. The van der Waals surface area contributed by atoms with E-state index in [1.807, 2.05) is 12.1 Å². The first kappa shape index (κ1) is 15.9. The summed E-state index contributed by atoms with van der Waals surface area (Å²) < 4.78 is 0. The zero-order valence-corrected chi connectivity index (χ0v) is 13.5. The first-order valence-electron chi connectivity index (χ1n) is 7.58. The van der Waals surface area contributed by atoms with Crippen molar-refractivity contribution in [3.63, 3.8) is 0 Å². The van der Waals surface area contributed by atoms with E-state index in [9.17, 15) is 0 Å². The lowest BCUT2D eigenvalue weighted by Crippen LogP contribution is -2.46. The minimum Gasteiger partial charge on any atom is -0.369 e. The minimum atomic E-state index is 0.804. The van der Waals surface area contributed by atoms with Crippen LogP contribution in [0.15, 0.2) is 24.3 Å². The molecule has 1 aliphatic rings. The third-order valence-corrected chi connectivity index (χ3v) is 4.41. The van der Waals surface area contributed by atoms with E-state index in [0.29, 0.717) is 0 Å². The van der Waals surface area contributed by atoms with Gasteiger partial charge in [0, 0.05) is 42.8 Å². The maximum absolute atomic E-state index is 6.06. The summed E-state index contributed by atoms with van der Waals surface area (Å²) in [7, 11) is 0. The SMILES string of the molecule is ClCCCCCCN1CCN(c2cccc(Cl)c2)CC1. The molecule has 1 aromatic carbocycles. The van der Waals surface area contributed by atoms with E-state index >= 15 is 0 Å². The van der Waals surface area contributed by atoms with Crippen molar-refractivity contribution in [2.75, 3.05) is 43.5 Å². The molecule has 1 aromatic rings. The van der Waals surface area contributed by atoms with Crippen LogP contribution in [0.25, 0.3) is 0 Å². The highest BCUT2D eigenvalue weighted by molar-refractivity contribution is 6.30. The molecule has 0 bridgehead atoms. The van der Waals surface area contributed by atoms with Crippen molar-refractivity contribution in [1.29, 1.82) is 0 Å². The molecule has 1 fully saturated rings. The van der Waals surface area contributed by atoms with Crippen LogP contribution in [0.3, 0.4) is 0 Å². The topological polar surface area (TPSA) is 6.48 Å². The summed E-state index contributed by atoms with van der Waals surface area (Å²) in [5.74, 6) is 0.804. The van der Waals surface area contributed by atoms with Gasteiger partial charge in [-0.05, 0) is 37.6 Å². The Morgan fingerprint density at radius 1 is 0.950 bits per heavy atom. The summed E-state index contributed by atoms with van der Waals surface area (Å²) in [5.41, 5.74) is 1.25. The van der Waals surface area contributed by atoms with Crippen LogP contribution in [0.4, 0.5) is 5.69 Å². The highest BCUT2D eigenvalue weighted by Gasteiger charge is 2.16. The smallest absolute Gasteiger partial charge is 0.0426 e. The first-order valence-corrected chi connectivity index (χ1v) is 8.49. The summed E-state index contributed by atoms with van der Waals surface area (Å²) >= 11 is 11.7. The molecule has 0 unspecified atom stereocenters. The molecule has 20 heavy (non-hydrogen) atoms. The van der Waals surface area contributed by atoms with Gasteiger partial charge in [-0.15, -0.1) is 11.6 Å². The normalized spacial score (nSPS) is 16.6. The average molecular weight is 315 g/mol. The number of unbranched alkanes of at least 4 members (excludes halogenated alkanes) is 3. The standard InChI is InChI=1S/C16H24Cl2N2/c17-8-3-1-2-4-9-19-10-12-20(13-11-19)16-7-5-6-15(18)14-16/h5-7,14H,1-4,8-13H2. The Bertz CT molecular complexity index is 390. The Kier molecular flexibility index (Phi) is 6.98. The van der Waals surface area contributed by atoms with Gasteiger partial charge < -0.3 is 4.90 Å². The third kappa shape index (κ3) is 5.16. The maximum atomic E-state index is 6.06. The van der Waals surface area contributed by atoms with E-state index in [-0.39, 0.29) is 0 Å². The van der Waals surface area contributed by atoms with E-state index in [0.717, 1.165) is 43.5 Å². The van der Waals surface area contributed by atoms with E-state index in [1.165, 1.54) is 31.5 Å². The monoisotopic (exact) mass is 314 g/mol. The summed E-state index contributed by atoms with van der Waals surface area (Å²) in [6.45, 7) is 5.74. The van der Waals surface area contributed by atoms with Crippen molar-refractivity contribution < 1.29 is 0 Å². The van der Waals surface area contributed by atoms with Crippen LogP contribution >= 0.6 is 23.2 Å². The van der Waals surface area contributed by atoms with Crippen LogP contribution in [0.1, 0.15) is 25.7 Å². The van der Waals surface area contributed by atoms with Gasteiger partial charge in [0.1, 0.15) is 0 Å². The van der Waals surface area contributed by atoms with Crippen molar-refractivity contribution in [3.05, 3.63) is 29.3 Å². The predicted octanol–water partition coefficient (Wildman–Crippen LogP) is 4.26. The zero-order chi connectivity index (χ0) is 14.2. The Balaban J connectivity index is 1.67. The van der Waals surface area contributed by atoms with Gasteiger partial charge in [0.15, 0.2) is 0 Å². The Morgan fingerprint density at radius 2 is 1.70 bits per heavy atom. The van der Waals surface area contributed by atoms with Crippen LogP contribution in [0.2, 0.25) is 5.02 Å². The summed E-state index contributed by atoms with van der Waals surface area (Å²) in [6, 6.07) is 8.17. The molecule has 1 saturated heterocycles. The molecular weight excluding hydrogens is 291 g/mol. The number of halogens is 2. The largest absolute Gasteiger partial charge is 0.369 e. The number of rotatable bonds is 7. The first-order chi connectivity index (χ1) is 9.79. The molecule has 0 amide bonds. The van der Waals surface area contributed by atoms with Crippen molar-refractivity contribution in [2.24, 2.45) is 0 Å². The Hall–Kier alpha value is -0.440. The van der Waals surface area contributed by atoms with Gasteiger partial charge in [0.05, 0.1) is 0 Å². The average Bonchev–Trinajstić information content (AvgIpc) is 2.48. The van der Waals surface area contributed by atoms with Gasteiger partial charge in [-0.3, -0.25) is 4.90 Å². The molecule has 1 heterocycles. The summed E-state index contributed by atoms with van der Waals surface area (Å²) in [4.78, 5) is 5.00. The molecule has 0 saturated carbocycles. The van der Waals surface area contributed by atoms with E-state index < -0.39 is 0 Å². The lowest BCUT2D eigenvalue weighted by Gasteiger charge is -2.36. The number of benzene rings is 1. The lowest BCUT2D eigenvalue weighted by molar-refractivity contribution is 0.252. The molecule has 0 spiro atoms. The zero-order valence-electron chi connectivity index (χ0n) is 12.0. The molecule has 0 aromatic heterocycles. The van der Waals surface area contributed by atoms with Gasteiger partial charge in [-0.25, -0.2) is 0 Å². The second-order valence-electron chi connectivity index (χ2n) is 5.41. The Morgan fingerprint density at radius 3 is 2.40 bits per heavy atom. The summed E-state index contributed by atoms with van der Waals surface area (Å²) in [5, 5.41) is 0.823. The van der Waals surface area contributed by atoms with Gasteiger partial charge in [0.25, 0.3) is 0 Å². The number of anilines is 1. The molecular formula is C16H24Cl2N2. The van der Waals surface area contributed by atoms with Crippen LogP contribution in [0.5, 0.6) is 0 Å². The second-order valence-corrected chi connectivity index (χ2v) is 6.23. The number of alkyl halides is 1. The van der Waals surface area contributed by atoms with Gasteiger partial charge >= 0.3 is 0 Å². The van der Waals surface area contributed by atoms with Crippen molar-refractivity contribution in [2.45, 2.75) is 25.7 Å². The number of hydrogen-bond donors (Lipinski definition) is 0. The molecule has 112 valence electrons. The molecule has 2 rings (SSSR count). The fourth-order valence-corrected chi connectivity index (χ4v) is 3.06. The number of piperazine rings is 1. The maximum Gasteiger partial charge on any atom is 0.0426 e. The van der Waals surface area contributed by atoms with E-state index in [1.54, 1.807) is 0 Å². The van der Waals surface area contributed by atoms with Crippen molar-refractivity contribution in [3.8, 4) is 0 Å². The van der Waals surface area contributed by atoms with Crippen LogP contribution in [-0.2, 0) is 0 Å². The van der Waals surface area contributed by atoms with Crippen molar-refractivity contribution >= 4 is 28.9 Å². The van der Waals surface area contributed by atoms with Gasteiger partial charge in [-0.2, -0.15) is 0 Å². The fourth-order valence-electron chi connectivity index (χ4n) is 2.69. The molecule has 0 aliphatic carbocycles. The third-order valence-electron chi connectivity index (χ3n) is 3.90. The molecule has 0 N–H and O–H groups in total. The fraction of sp³-hybridized carbons (Fsp3) is 0.625. The quantitative estimate of drug-likeness (QED) is 0.548. The van der Waals surface area contributed by atoms with Gasteiger partial charge in [0.2, 0.25) is 0 Å². The summed E-state index contributed by atoms with van der Waals surface area (Å²) in [6.07, 6.45) is 5.03. The van der Waals surface area contributed by atoms with Crippen LogP contribution in [-0.4, -0.2) is 43.5 Å². The highest BCUT2D eigenvalue weighted by Crippen LogP contribution is 2.20. The number of nitrogens with zero attached hydrogens (tertiary/aromatic N) is 2. The molecule has 4 heteroatoms. The molecule has 2 nitrogen and oxygen atoms in total. The lowest BCUT2D eigenvalue weighted by atomic mass is 10.2. The molecule has 0 radical (unpaired) electrons. The molecule has 0 atom stereocenters. The highest BCUT2D eigenvalue weighted by atomic mass is 35.5. The van der Waals surface area contributed by atoms with Crippen LogP contribution < -0.4 is 4.90 Å². The van der Waals surface area contributed by atoms with E-state index in [2.05, 4.69) is 21.9 Å². The number of hydrogen-bond acceptors (Lipinski definition) is 2. The van der Waals surface area contributed by atoms with Gasteiger partial charge in [-0.1, -0.05) is 30.5 Å². The Labute approximate surface area is 132 Å². The van der Waals surface area contributed by atoms with Crippen molar-refractivity contribution in [1.82, 2.24) is 4.90 Å².